The largest absolute Gasteiger partial charge is 0.472 e. The Labute approximate surface area is 161 Å². The van der Waals surface area contributed by atoms with Crippen molar-refractivity contribution in [2.24, 2.45) is 0 Å². The molecule has 1 aromatic heterocycles. The summed E-state index contributed by atoms with van der Waals surface area (Å²) in [6, 6.07) is 11.2. The Morgan fingerprint density at radius 1 is 1.07 bits per heavy atom. The van der Waals surface area contributed by atoms with Crippen LogP contribution in [0.3, 0.4) is 0 Å². The lowest BCUT2D eigenvalue weighted by Gasteiger charge is -2.27. The SMILES string of the molecule is C[C@H](NC(=O)c1ccoc1)C(=O)N(CCCc1ccccc1)CCN(C)C. The molecule has 6 heteroatoms. The molecule has 0 saturated heterocycles. The summed E-state index contributed by atoms with van der Waals surface area (Å²) in [6.45, 7) is 3.79. The van der Waals surface area contributed by atoms with Crippen molar-refractivity contribution in [3.8, 4) is 0 Å². The molecule has 0 saturated carbocycles. The molecule has 2 amide bonds. The van der Waals surface area contributed by atoms with Crippen LogP contribution in [0.4, 0.5) is 0 Å². The van der Waals surface area contributed by atoms with Gasteiger partial charge in [0, 0.05) is 19.6 Å². The highest BCUT2D eigenvalue weighted by atomic mass is 16.3. The van der Waals surface area contributed by atoms with Gasteiger partial charge in [0.2, 0.25) is 5.91 Å². The fraction of sp³-hybridized carbons (Fsp3) is 0.429. The molecular formula is C21H29N3O3. The van der Waals surface area contributed by atoms with Crippen LogP contribution in [-0.4, -0.2) is 61.4 Å². The fourth-order valence-corrected chi connectivity index (χ4v) is 2.78. The van der Waals surface area contributed by atoms with Crippen LogP contribution in [0, 0.1) is 0 Å². The van der Waals surface area contributed by atoms with Crippen molar-refractivity contribution < 1.29 is 14.0 Å². The van der Waals surface area contributed by atoms with Crippen LogP contribution < -0.4 is 5.32 Å². The summed E-state index contributed by atoms with van der Waals surface area (Å²) in [5.74, 6) is -0.372. The highest BCUT2D eigenvalue weighted by Gasteiger charge is 2.22. The molecule has 1 aromatic carbocycles. The first-order valence-electron chi connectivity index (χ1n) is 9.28. The van der Waals surface area contributed by atoms with Crippen molar-refractivity contribution in [1.29, 1.82) is 0 Å². The summed E-state index contributed by atoms with van der Waals surface area (Å²) in [4.78, 5) is 28.9. The molecule has 0 aliphatic carbocycles. The molecule has 0 bridgehead atoms. The zero-order valence-corrected chi connectivity index (χ0v) is 16.4. The molecule has 0 fully saturated rings. The maximum atomic E-state index is 12.9. The van der Waals surface area contributed by atoms with Gasteiger partial charge in [0.15, 0.2) is 0 Å². The van der Waals surface area contributed by atoms with E-state index in [1.165, 1.54) is 18.1 Å². The van der Waals surface area contributed by atoms with E-state index in [4.69, 9.17) is 4.42 Å². The number of carbonyl (C=O) groups is 2. The molecule has 2 rings (SSSR count). The monoisotopic (exact) mass is 371 g/mol. The Morgan fingerprint density at radius 2 is 1.81 bits per heavy atom. The van der Waals surface area contributed by atoms with E-state index in [0.717, 1.165) is 19.4 Å². The van der Waals surface area contributed by atoms with Crippen LogP contribution in [0.2, 0.25) is 0 Å². The molecule has 1 atom stereocenters. The number of benzene rings is 1. The van der Waals surface area contributed by atoms with Crippen LogP contribution in [-0.2, 0) is 11.2 Å². The van der Waals surface area contributed by atoms with Crippen LogP contribution in [0.15, 0.2) is 53.3 Å². The van der Waals surface area contributed by atoms with E-state index in [1.54, 1.807) is 13.0 Å². The lowest BCUT2D eigenvalue weighted by molar-refractivity contribution is -0.133. The fourth-order valence-electron chi connectivity index (χ4n) is 2.78. The summed E-state index contributed by atoms with van der Waals surface area (Å²) in [7, 11) is 3.97. The van der Waals surface area contributed by atoms with Crippen LogP contribution in [0.25, 0.3) is 0 Å². The molecule has 1 heterocycles. The van der Waals surface area contributed by atoms with Gasteiger partial charge in [-0.3, -0.25) is 9.59 Å². The van der Waals surface area contributed by atoms with Gasteiger partial charge in [-0.2, -0.15) is 0 Å². The summed E-state index contributed by atoms with van der Waals surface area (Å²) >= 11 is 0. The predicted molar refractivity (Wildman–Crippen MR) is 106 cm³/mol. The molecule has 0 unspecified atom stereocenters. The quantitative estimate of drug-likeness (QED) is 0.697. The first-order valence-corrected chi connectivity index (χ1v) is 9.28. The first kappa shape index (κ1) is 20.7. The summed E-state index contributed by atoms with van der Waals surface area (Å²) in [5, 5.41) is 2.75. The maximum absolute atomic E-state index is 12.9. The Morgan fingerprint density at radius 3 is 2.44 bits per heavy atom. The van der Waals surface area contributed by atoms with E-state index in [9.17, 15) is 9.59 Å². The molecule has 0 aliphatic rings. The Hall–Kier alpha value is -2.60. The van der Waals surface area contributed by atoms with Gasteiger partial charge in [0.25, 0.3) is 5.91 Å². The molecule has 6 nitrogen and oxygen atoms in total. The van der Waals surface area contributed by atoms with E-state index in [2.05, 4.69) is 17.4 Å². The second kappa shape index (κ2) is 10.5. The topological polar surface area (TPSA) is 65.8 Å². The lowest BCUT2D eigenvalue weighted by Crippen LogP contribution is -2.48. The predicted octanol–water partition coefficient (Wildman–Crippen LogP) is 2.42. The molecule has 0 aliphatic heterocycles. The van der Waals surface area contributed by atoms with Crippen LogP contribution >= 0.6 is 0 Å². The number of amides is 2. The average Bonchev–Trinajstić information content (AvgIpc) is 3.19. The van der Waals surface area contributed by atoms with Gasteiger partial charge >= 0.3 is 0 Å². The molecule has 2 aromatic rings. The molecule has 1 N–H and O–H groups in total. The number of carbonyl (C=O) groups excluding carboxylic acids is 2. The normalized spacial score (nSPS) is 12.0. The highest BCUT2D eigenvalue weighted by molar-refractivity contribution is 5.97. The summed E-state index contributed by atoms with van der Waals surface area (Å²) < 4.78 is 4.92. The number of nitrogens with zero attached hydrogens (tertiary/aromatic N) is 2. The third-order valence-electron chi connectivity index (χ3n) is 4.37. The second-order valence-corrected chi connectivity index (χ2v) is 6.92. The van der Waals surface area contributed by atoms with Crippen molar-refractivity contribution in [2.45, 2.75) is 25.8 Å². The number of aryl methyl sites for hydroxylation is 1. The molecule has 0 spiro atoms. The van der Waals surface area contributed by atoms with Crippen molar-refractivity contribution in [3.05, 3.63) is 60.1 Å². The number of nitrogens with one attached hydrogen (secondary N) is 1. The van der Waals surface area contributed by atoms with Gasteiger partial charge in [0.05, 0.1) is 11.8 Å². The van der Waals surface area contributed by atoms with Crippen LogP contribution in [0.1, 0.15) is 29.3 Å². The van der Waals surface area contributed by atoms with Gasteiger partial charge in [-0.15, -0.1) is 0 Å². The molecule has 27 heavy (non-hydrogen) atoms. The average molecular weight is 371 g/mol. The minimum absolute atomic E-state index is 0.0678. The smallest absolute Gasteiger partial charge is 0.255 e. The number of hydrogen-bond donors (Lipinski definition) is 1. The number of furan rings is 1. The Balaban J connectivity index is 1.91. The number of hydrogen-bond acceptors (Lipinski definition) is 4. The number of likely N-dealkylation sites (N-methyl/N-ethyl adjacent to an activating group) is 1. The zero-order chi connectivity index (χ0) is 19.6. The summed E-state index contributed by atoms with van der Waals surface area (Å²) in [5.41, 5.74) is 1.68. The zero-order valence-electron chi connectivity index (χ0n) is 16.4. The van der Waals surface area contributed by atoms with Gasteiger partial charge in [-0.25, -0.2) is 0 Å². The third kappa shape index (κ3) is 6.90. The van der Waals surface area contributed by atoms with Crippen molar-refractivity contribution in [3.63, 3.8) is 0 Å². The third-order valence-corrected chi connectivity index (χ3v) is 4.37. The maximum Gasteiger partial charge on any atom is 0.255 e. The van der Waals surface area contributed by atoms with E-state index < -0.39 is 6.04 Å². The van der Waals surface area contributed by atoms with E-state index >= 15 is 0 Å². The molecule has 146 valence electrons. The lowest BCUT2D eigenvalue weighted by atomic mass is 10.1. The van der Waals surface area contributed by atoms with Gasteiger partial charge in [-0.1, -0.05) is 30.3 Å². The van der Waals surface area contributed by atoms with Crippen molar-refractivity contribution in [2.75, 3.05) is 33.7 Å². The molecular weight excluding hydrogens is 342 g/mol. The standard InChI is InChI=1S/C21H29N3O3/c1-17(22-20(25)19-11-15-27-16-19)21(26)24(14-13-23(2)3)12-7-10-18-8-5-4-6-9-18/h4-6,8-9,11,15-17H,7,10,12-14H2,1-3H3,(H,22,25)/t17-/m0/s1. The second-order valence-electron chi connectivity index (χ2n) is 6.92. The van der Waals surface area contributed by atoms with Crippen molar-refractivity contribution >= 4 is 11.8 Å². The summed E-state index contributed by atoms with van der Waals surface area (Å²) in [6.07, 6.45) is 4.61. The van der Waals surface area contributed by atoms with E-state index in [-0.39, 0.29) is 11.8 Å². The van der Waals surface area contributed by atoms with E-state index in [0.29, 0.717) is 18.7 Å². The highest BCUT2D eigenvalue weighted by Crippen LogP contribution is 2.06. The Kier molecular flexibility index (Phi) is 8.07. The van der Waals surface area contributed by atoms with Crippen molar-refractivity contribution in [1.82, 2.24) is 15.1 Å². The van der Waals surface area contributed by atoms with Crippen LogP contribution in [0.5, 0.6) is 0 Å². The van der Waals surface area contributed by atoms with E-state index in [1.807, 2.05) is 42.1 Å². The first-order chi connectivity index (χ1) is 13.0. The minimum atomic E-state index is -0.591. The molecule has 0 radical (unpaired) electrons. The number of rotatable bonds is 10. The van der Waals surface area contributed by atoms with Gasteiger partial charge in [-0.05, 0) is 45.5 Å². The minimum Gasteiger partial charge on any atom is -0.472 e. The Bertz CT molecular complexity index is 699. The van der Waals surface area contributed by atoms with Gasteiger partial charge < -0.3 is 19.5 Å². The van der Waals surface area contributed by atoms with Gasteiger partial charge in [0.1, 0.15) is 12.3 Å².